The Labute approximate surface area is 173 Å². The summed E-state index contributed by atoms with van der Waals surface area (Å²) in [5.41, 5.74) is 2.46. The van der Waals surface area contributed by atoms with Crippen LogP contribution in [-0.2, 0) is 20.5 Å². The zero-order valence-electron chi connectivity index (χ0n) is 17.0. The molecule has 29 heavy (non-hydrogen) atoms. The fourth-order valence-corrected chi connectivity index (χ4v) is 5.03. The molecule has 0 heterocycles. The molecule has 0 radical (unpaired) electrons. The molecular weight excluding hydrogens is 360 g/mol. The van der Waals surface area contributed by atoms with Crippen molar-refractivity contribution in [2.75, 3.05) is 6.61 Å². The second-order valence-corrected chi connectivity index (χ2v) is 9.40. The van der Waals surface area contributed by atoms with Gasteiger partial charge in [-0.25, -0.2) is 0 Å². The lowest BCUT2D eigenvalue weighted by Gasteiger charge is -2.45. The lowest BCUT2D eigenvalue weighted by molar-refractivity contribution is -0.151. The van der Waals surface area contributed by atoms with E-state index in [0.717, 1.165) is 25.0 Å². The summed E-state index contributed by atoms with van der Waals surface area (Å²) in [7, 11) is 0. The maximum atomic E-state index is 12.4. The van der Waals surface area contributed by atoms with Gasteiger partial charge >= 0.3 is 5.97 Å². The van der Waals surface area contributed by atoms with Gasteiger partial charge in [0, 0.05) is 0 Å². The molecule has 152 valence electrons. The number of hydrogen-bond acceptors (Lipinski definition) is 2. The number of carbonyl (C=O) groups is 1. The van der Waals surface area contributed by atoms with Crippen LogP contribution in [-0.4, -0.2) is 17.7 Å². The smallest absolute Gasteiger partial charge is 0.314 e. The van der Waals surface area contributed by atoms with Gasteiger partial charge in [0.15, 0.2) is 0 Å². The average molecular weight is 391 g/mol. The highest BCUT2D eigenvalue weighted by Gasteiger charge is 2.50. The van der Waals surface area contributed by atoms with Gasteiger partial charge in [-0.1, -0.05) is 54.6 Å². The van der Waals surface area contributed by atoms with Crippen LogP contribution < -0.4 is 0 Å². The summed E-state index contributed by atoms with van der Waals surface area (Å²) in [6, 6.07) is 18.8. The van der Waals surface area contributed by atoms with Crippen molar-refractivity contribution in [3.63, 3.8) is 0 Å². The summed E-state index contributed by atoms with van der Waals surface area (Å²) >= 11 is 0. The molecule has 2 aromatic carbocycles. The first-order valence-electron chi connectivity index (χ1n) is 11.1. The van der Waals surface area contributed by atoms with Gasteiger partial charge in [0.25, 0.3) is 0 Å². The van der Waals surface area contributed by atoms with Gasteiger partial charge in [-0.2, -0.15) is 0 Å². The molecule has 3 saturated carbocycles. The highest BCUT2D eigenvalue weighted by molar-refractivity contribution is 5.81. The van der Waals surface area contributed by atoms with Crippen molar-refractivity contribution in [1.29, 1.82) is 0 Å². The second-order valence-electron chi connectivity index (χ2n) is 9.40. The molecule has 3 fully saturated rings. The Bertz CT molecular complexity index is 872. The Morgan fingerprint density at radius 2 is 1.59 bits per heavy atom. The molecule has 5 rings (SSSR count). The Hall–Kier alpha value is -2.13. The first-order chi connectivity index (χ1) is 14.1. The third kappa shape index (κ3) is 3.61. The number of carboxylic acid groups (broad SMARTS) is 1. The van der Waals surface area contributed by atoms with E-state index in [0.29, 0.717) is 24.7 Å². The molecule has 0 amide bonds. The van der Waals surface area contributed by atoms with Gasteiger partial charge in [-0.3, -0.25) is 4.79 Å². The summed E-state index contributed by atoms with van der Waals surface area (Å²) in [6.07, 6.45) is 7.85. The van der Waals surface area contributed by atoms with Crippen LogP contribution in [0.1, 0.15) is 74.0 Å². The quantitative estimate of drug-likeness (QED) is 0.651. The normalized spacial score (nSPS) is 29.5. The number of hydrogen-bond donors (Lipinski definition) is 1. The fourth-order valence-electron chi connectivity index (χ4n) is 5.03. The second kappa shape index (κ2) is 7.28. The van der Waals surface area contributed by atoms with Crippen LogP contribution in [0.3, 0.4) is 0 Å². The van der Waals surface area contributed by atoms with Gasteiger partial charge in [0.1, 0.15) is 0 Å². The Balaban J connectivity index is 1.45. The summed E-state index contributed by atoms with van der Waals surface area (Å²) in [6.45, 7) is 0.805. The van der Waals surface area contributed by atoms with Crippen molar-refractivity contribution in [3.05, 3.63) is 71.3 Å². The molecule has 3 heteroatoms. The molecular formula is C26H30O3. The van der Waals surface area contributed by atoms with Crippen molar-refractivity contribution in [3.8, 4) is 0 Å². The predicted octanol–water partition coefficient (Wildman–Crippen LogP) is 5.78. The number of rotatable bonds is 7. The van der Waals surface area contributed by atoms with Crippen LogP contribution in [0.25, 0.3) is 0 Å². The average Bonchev–Trinajstić information content (AvgIpc) is 3.67. The lowest BCUT2D eigenvalue weighted by Crippen LogP contribution is -2.46. The Morgan fingerprint density at radius 3 is 2.21 bits per heavy atom. The zero-order chi connectivity index (χ0) is 19.9. The van der Waals surface area contributed by atoms with E-state index in [9.17, 15) is 9.90 Å². The summed E-state index contributed by atoms with van der Waals surface area (Å²) in [5, 5.41) is 10.2. The molecule has 0 spiro atoms. The number of carboxylic acids is 1. The summed E-state index contributed by atoms with van der Waals surface area (Å²) in [4.78, 5) is 12.4. The minimum Gasteiger partial charge on any atom is -0.481 e. The molecule has 0 atom stereocenters. The van der Waals surface area contributed by atoms with Gasteiger partial charge in [-0.15, -0.1) is 0 Å². The largest absolute Gasteiger partial charge is 0.481 e. The monoisotopic (exact) mass is 390 g/mol. The Kier molecular flexibility index (Phi) is 4.74. The molecule has 0 bridgehead atoms. The van der Waals surface area contributed by atoms with Gasteiger partial charge in [0.05, 0.1) is 17.6 Å². The number of benzene rings is 2. The van der Waals surface area contributed by atoms with E-state index in [-0.39, 0.29) is 5.60 Å². The highest BCUT2D eigenvalue weighted by atomic mass is 16.5. The standard InChI is InChI=1S/C26H30O3/c27-24(28)25(22-6-2-1-3-7-22)13-15-26(16-14-25,29-18-19-9-10-19)23-8-4-5-21(17-23)20-11-12-20/h1-8,17,19-20H,9-16,18H2,(H,27,28). The van der Waals surface area contributed by atoms with Crippen LogP contribution >= 0.6 is 0 Å². The first kappa shape index (κ1) is 18.9. The maximum Gasteiger partial charge on any atom is 0.314 e. The van der Waals surface area contributed by atoms with Crippen molar-refractivity contribution in [2.45, 2.75) is 68.3 Å². The maximum absolute atomic E-state index is 12.4. The molecule has 3 aliphatic rings. The van der Waals surface area contributed by atoms with E-state index in [4.69, 9.17) is 4.74 Å². The summed E-state index contributed by atoms with van der Waals surface area (Å²) < 4.78 is 6.65. The van der Waals surface area contributed by atoms with E-state index < -0.39 is 11.4 Å². The van der Waals surface area contributed by atoms with Gasteiger partial charge in [-0.05, 0) is 79.9 Å². The van der Waals surface area contributed by atoms with Crippen molar-refractivity contribution in [2.24, 2.45) is 5.92 Å². The van der Waals surface area contributed by atoms with Crippen LogP contribution in [0, 0.1) is 5.92 Å². The first-order valence-corrected chi connectivity index (χ1v) is 11.1. The molecule has 3 aliphatic carbocycles. The van der Waals surface area contributed by atoms with E-state index in [1.54, 1.807) is 0 Å². The van der Waals surface area contributed by atoms with Crippen LogP contribution in [0.2, 0.25) is 0 Å². The van der Waals surface area contributed by atoms with Crippen LogP contribution in [0.15, 0.2) is 54.6 Å². The number of aliphatic carboxylic acids is 1. The number of ether oxygens (including phenoxy) is 1. The van der Waals surface area contributed by atoms with E-state index in [2.05, 4.69) is 24.3 Å². The van der Waals surface area contributed by atoms with Gasteiger partial charge < -0.3 is 9.84 Å². The minimum atomic E-state index is -0.804. The predicted molar refractivity (Wildman–Crippen MR) is 113 cm³/mol. The van der Waals surface area contributed by atoms with Crippen molar-refractivity contribution >= 4 is 5.97 Å². The van der Waals surface area contributed by atoms with E-state index in [1.807, 2.05) is 30.3 Å². The fraction of sp³-hybridized carbons (Fsp3) is 0.500. The van der Waals surface area contributed by atoms with Crippen LogP contribution in [0.4, 0.5) is 0 Å². The molecule has 2 aromatic rings. The van der Waals surface area contributed by atoms with E-state index >= 15 is 0 Å². The lowest BCUT2D eigenvalue weighted by atomic mass is 9.63. The highest BCUT2D eigenvalue weighted by Crippen LogP contribution is 2.51. The SMILES string of the molecule is O=C(O)C1(c2ccccc2)CCC(OCC2CC2)(c2cccc(C3CC3)c2)CC1. The molecule has 0 aromatic heterocycles. The van der Waals surface area contributed by atoms with Crippen molar-refractivity contribution in [1.82, 2.24) is 0 Å². The topological polar surface area (TPSA) is 46.5 Å². The van der Waals surface area contributed by atoms with E-state index in [1.165, 1.54) is 36.8 Å². The molecule has 0 saturated heterocycles. The third-order valence-electron chi connectivity index (χ3n) is 7.40. The minimum absolute atomic E-state index is 0.346. The zero-order valence-corrected chi connectivity index (χ0v) is 17.0. The Morgan fingerprint density at radius 1 is 0.897 bits per heavy atom. The third-order valence-corrected chi connectivity index (χ3v) is 7.40. The molecule has 0 unspecified atom stereocenters. The van der Waals surface area contributed by atoms with Crippen molar-refractivity contribution < 1.29 is 14.6 Å². The molecule has 0 aliphatic heterocycles. The van der Waals surface area contributed by atoms with Crippen LogP contribution in [0.5, 0.6) is 0 Å². The van der Waals surface area contributed by atoms with Gasteiger partial charge in [0.2, 0.25) is 0 Å². The molecule has 1 N–H and O–H groups in total. The molecule has 3 nitrogen and oxygen atoms in total. The summed E-state index contributed by atoms with van der Waals surface area (Å²) in [5.74, 6) is 0.700.